The number of anilines is 1. The van der Waals surface area contributed by atoms with Crippen LogP contribution in [0.1, 0.15) is 24.6 Å². The van der Waals surface area contributed by atoms with Gasteiger partial charge in [-0.15, -0.1) is 0 Å². The summed E-state index contributed by atoms with van der Waals surface area (Å²) in [7, 11) is 3.93. The standard InChI is InChI=1S/C14H22N6/c1-4-5-15-7-13-8-16-9-14(18-13)19(2)10-12-6-17-20(3)11-12/h6,8-9,11,15H,4-5,7,10H2,1-3H3. The Hall–Kier alpha value is -1.95. The first-order valence-electron chi connectivity index (χ1n) is 6.89. The number of nitrogens with zero attached hydrogens (tertiary/aromatic N) is 5. The molecule has 6 heteroatoms. The van der Waals surface area contributed by atoms with Crippen LogP contribution in [0.4, 0.5) is 5.82 Å². The molecule has 0 saturated carbocycles. The highest BCUT2D eigenvalue weighted by Crippen LogP contribution is 2.11. The Morgan fingerprint density at radius 3 is 2.85 bits per heavy atom. The molecule has 0 atom stereocenters. The average molecular weight is 274 g/mol. The zero-order valence-corrected chi connectivity index (χ0v) is 12.4. The second kappa shape index (κ2) is 7.00. The molecule has 2 heterocycles. The molecule has 0 saturated heterocycles. The second-order valence-electron chi connectivity index (χ2n) is 4.92. The van der Waals surface area contributed by atoms with Crippen LogP contribution in [-0.4, -0.2) is 33.3 Å². The van der Waals surface area contributed by atoms with E-state index in [9.17, 15) is 0 Å². The van der Waals surface area contributed by atoms with Crippen LogP contribution < -0.4 is 10.2 Å². The van der Waals surface area contributed by atoms with E-state index in [0.29, 0.717) is 0 Å². The van der Waals surface area contributed by atoms with Gasteiger partial charge in [0.25, 0.3) is 0 Å². The summed E-state index contributed by atoms with van der Waals surface area (Å²) in [5.74, 6) is 0.879. The van der Waals surface area contributed by atoms with E-state index < -0.39 is 0 Å². The molecule has 0 bridgehead atoms. The van der Waals surface area contributed by atoms with E-state index in [0.717, 1.165) is 43.1 Å². The maximum atomic E-state index is 4.62. The minimum absolute atomic E-state index is 0.759. The third-order valence-electron chi connectivity index (χ3n) is 2.97. The maximum Gasteiger partial charge on any atom is 0.147 e. The van der Waals surface area contributed by atoms with Gasteiger partial charge in [-0.1, -0.05) is 6.92 Å². The average Bonchev–Trinajstić information content (AvgIpc) is 2.85. The molecule has 20 heavy (non-hydrogen) atoms. The monoisotopic (exact) mass is 274 g/mol. The molecule has 0 aliphatic rings. The topological polar surface area (TPSA) is 58.9 Å². The minimum atomic E-state index is 0.759. The zero-order valence-electron chi connectivity index (χ0n) is 12.4. The normalized spacial score (nSPS) is 10.8. The lowest BCUT2D eigenvalue weighted by Crippen LogP contribution is -2.20. The van der Waals surface area contributed by atoms with Gasteiger partial charge >= 0.3 is 0 Å². The fraction of sp³-hybridized carbons (Fsp3) is 0.500. The highest BCUT2D eigenvalue weighted by Gasteiger charge is 2.06. The van der Waals surface area contributed by atoms with E-state index in [1.807, 2.05) is 32.7 Å². The van der Waals surface area contributed by atoms with Gasteiger partial charge in [0.05, 0.1) is 18.1 Å². The van der Waals surface area contributed by atoms with Crippen LogP contribution in [0.2, 0.25) is 0 Å². The highest BCUT2D eigenvalue weighted by atomic mass is 15.2. The van der Waals surface area contributed by atoms with Crippen molar-refractivity contribution < 1.29 is 0 Å². The summed E-state index contributed by atoms with van der Waals surface area (Å²) in [5.41, 5.74) is 2.13. The van der Waals surface area contributed by atoms with E-state index in [1.165, 1.54) is 0 Å². The van der Waals surface area contributed by atoms with E-state index in [4.69, 9.17) is 0 Å². The van der Waals surface area contributed by atoms with Crippen molar-refractivity contribution in [1.82, 2.24) is 25.1 Å². The molecular weight excluding hydrogens is 252 g/mol. The van der Waals surface area contributed by atoms with Crippen LogP contribution in [0.3, 0.4) is 0 Å². The fourth-order valence-electron chi connectivity index (χ4n) is 1.97. The van der Waals surface area contributed by atoms with Gasteiger partial charge in [-0.2, -0.15) is 5.10 Å². The predicted octanol–water partition coefficient (Wildman–Crippen LogP) is 1.35. The summed E-state index contributed by atoms with van der Waals surface area (Å²) in [6.07, 6.45) is 8.60. The molecule has 2 aromatic rings. The highest BCUT2D eigenvalue weighted by molar-refractivity contribution is 5.36. The van der Waals surface area contributed by atoms with Gasteiger partial charge in [-0.25, -0.2) is 4.98 Å². The third kappa shape index (κ3) is 4.03. The first kappa shape index (κ1) is 14.5. The fourth-order valence-corrected chi connectivity index (χ4v) is 1.97. The number of rotatable bonds is 7. The van der Waals surface area contributed by atoms with Gasteiger partial charge < -0.3 is 10.2 Å². The summed E-state index contributed by atoms with van der Waals surface area (Å²) in [4.78, 5) is 11.0. The van der Waals surface area contributed by atoms with E-state index in [-0.39, 0.29) is 0 Å². The SMILES string of the molecule is CCCNCc1cncc(N(C)Cc2cnn(C)c2)n1. The van der Waals surface area contributed by atoms with Crippen molar-refractivity contribution in [3.8, 4) is 0 Å². The molecule has 0 aliphatic heterocycles. The smallest absolute Gasteiger partial charge is 0.147 e. The summed E-state index contributed by atoms with van der Waals surface area (Å²) in [6.45, 7) is 4.68. The van der Waals surface area contributed by atoms with Gasteiger partial charge in [0, 0.05) is 45.1 Å². The molecule has 0 unspecified atom stereocenters. The van der Waals surface area contributed by atoms with Crippen LogP contribution >= 0.6 is 0 Å². The van der Waals surface area contributed by atoms with Crippen molar-refractivity contribution in [2.24, 2.45) is 7.05 Å². The van der Waals surface area contributed by atoms with E-state index in [1.54, 1.807) is 10.9 Å². The molecule has 2 rings (SSSR count). The summed E-state index contributed by atoms with van der Waals surface area (Å²) < 4.78 is 1.81. The van der Waals surface area contributed by atoms with Crippen LogP contribution in [0.25, 0.3) is 0 Å². The van der Waals surface area contributed by atoms with Crippen molar-refractivity contribution in [3.63, 3.8) is 0 Å². The largest absolute Gasteiger partial charge is 0.354 e. The van der Waals surface area contributed by atoms with Crippen molar-refractivity contribution in [3.05, 3.63) is 36.0 Å². The molecule has 0 amide bonds. The Bertz CT molecular complexity index is 536. The molecule has 0 aromatic carbocycles. The quantitative estimate of drug-likeness (QED) is 0.772. The predicted molar refractivity (Wildman–Crippen MR) is 79.3 cm³/mol. The minimum Gasteiger partial charge on any atom is -0.354 e. The zero-order chi connectivity index (χ0) is 14.4. The van der Waals surface area contributed by atoms with Crippen LogP contribution in [0, 0.1) is 0 Å². The van der Waals surface area contributed by atoms with E-state index >= 15 is 0 Å². The molecule has 108 valence electrons. The number of nitrogens with one attached hydrogen (secondary N) is 1. The summed E-state index contributed by atoms with van der Waals surface area (Å²) in [6, 6.07) is 0. The van der Waals surface area contributed by atoms with Crippen molar-refractivity contribution in [2.45, 2.75) is 26.4 Å². The molecule has 2 aromatic heterocycles. The van der Waals surface area contributed by atoms with Crippen LogP contribution in [0.5, 0.6) is 0 Å². The molecule has 6 nitrogen and oxygen atoms in total. The summed E-state index contributed by atoms with van der Waals surface area (Å²) in [5, 5.41) is 7.51. The maximum absolute atomic E-state index is 4.62. The van der Waals surface area contributed by atoms with Gasteiger partial charge in [0.1, 0.15) is 5.82 Å². The Morgan fingerprint density at radius 1 is 1.30 bits per heavy atom. The first-order valence-corrected chi connectivity index (χ1v) is 6.89. The van der Waals surface area contributed by atoms with Crippen LogP contribution in [0.15, 0.2) is 24.8 Å². The third-order valence-corrected chi connectivity index (χ3v) is 2.97. The summed E-state index contributed by atoms with van der Waals surface area (Å²) >= 11 is 0. The molecule has 0 spiro atoms. The lowest BCUT2D eigenvalue weighted by atomic mass is 10.3. The lowest BCUT2D eigenvalue weighted by Gasteiger charge is -2.17. The number of aromatic nitrogens is 4. The molecule has 0 radical (unpaired) electrons. The molecule has 1 N–H and O–H groups in total. The Labute approximate surface area is 119 Å². The first-order chi connectivity index (χ1) is 9.69. The molecule has 0 fully saturated rings. The van der Waals surface area contributed by atoms with E-state index in [2.05, 4.69) is 32.2 Å². The Morgan fingerprint density at radius 2 is 2.15 bits per heavy atom. The van der Waals surface area contributed by atoms with Gasteiger partial charge in [0.2, 0.25) is 0 Å². The van der Waals surface area contributed by atoms with Crippen molar-refractivity contribution >= 4 is 5.82 Å². The lowest BCUT2D eigenvalue weighted by molar-refractivity contribution is 0.661. The van der Waals surface area contributed by atoms with Gasteiger partial charge in [0.15, 0.2) is 0 Å². The number of hydrogen-bond acceptors (Lipinski definition) is 5. The second-order valence-corrected chi connectivity index (χ2v) is 4.92. The van der Waals surface area contributed by atoms with Gasteiger partial charge in [-0.05, 0) is 13.0 Å². The van der Waals surface area contributed by atoms with Crippen LogP contribution in [-0.2, 0) is 20.1 Å². The van der Waals surface area contributed by atoms with Crippen molar-refractivity contribution in [1.29, 1.82) is 0 Å². The molecular formula is C14H22N6. The number of aryl methyl sites for hydroxylation is 1. The van der Waals surface area contributed by atoms with Gasteiger partial charge in [-0.3, -0.25) is 9.67 Å². The molecule has 0 aliphatic carbocycles. The van der Waals surface area contributed by atoms with Crippen molar-refractivity contribution in [2.75, 3.05) is 18.5 Å². The number of hydrogen-bond donors (Lipinski definition) is 1. The Kier molecular flexibility index (Phi) is 5.06. The Balaban J connectivity index is 1.98.